The Hall–Kier alpha value is -4.39. The molecule has 7 heteroatoms. The molecular weight excluding hydrogens is 472 g/mol. The minimum Gasteiger partial charge on any atom is -0.497 e. The predicted molar refractivity (Wildman–Crippen MR) is 141 cm³/mol. The van der Waals surface area contributed by atoms with Crippen LogP contribution in [0.25, 0.3) is 6.08 Å². The molecular formula is C30H30O7. The second kappa shape index (κ2) is 13.6. The molecule has 192 valence electrons. The molecule has 3 rings (SSSR count). The summed E-state index contributed by atoms with van der Waals surface area (Å²) in [6.07, 6.45) is 6.92. The number of hydrogen-bond acceptors (Lipinski definition) is 5. The molecule has 0 saturated carbocycles. The SMILES string of the molecule is COc1ccc(C=CCCCCOc2ccc(C(=O)c3cccc(C(=O)O)c3)cc2CCC(=O)O)cc1. The number of aliphatic carboxylic acids is 1. The molecule has 0 aliphatic carbocycles. The highest BCUT2D eigenvalue weighted by Crippen LogP contribution is 2.24. The molecule has 3 aromatic carbocycles. The summed E-state index contributed by atoms with van der Waals surface area (Å²) in [6, 6.07) is 18.6. The lowest BCUT2D eigenvalue weighted by molar-refractivity contribution is -0.136. The van der Waals surface area contributed by atoms with E-state index in [-0.39, 0.29) is 29.8 Å². The number of carboxylic acid groups (broad SMARTS) is 2. The fourth-order valence-electron chi connectivity index (χ4n) is 3.74. The van der Waals surface area contributed by atoms with E-state index in [0.717, 1.165) is 30.6 Å². The van der Waals surface area contributed by atoms with E-state index >= 15 is 0 Å². The lowest BCUT2D eigenvalue weighted by Gasteiger charge is -2.13. The van der Waals surface area contributed by atoms with Crippen LogP contribution < -0.4 is 9.47 Å². The summed E-state index contributed by atoms with van der Waals surface area (Å²) in [6.45, 7) is 0.463. The van der Waals surface area contributed by atoms with Gasteiger partial charge in [-0.05, 0) is 79.3 Å². The molecule has 0 spiro atoms. The Labute approximate surface area is 216 Å². The summed E-state index contributed by atoms with van der Waals surface area (Å²) >= 11 is 0. The molecule has 0 bridgehead atoms. The number of methoxy groups -OCH3 is 1. The number of ether oxygens (including phenoxy) is 2. The summed E-state index contributed by atoms with van der Waals surface area (Å²) in [5.41, 5.74) is 2.35. The summed E-state index contributed by atoms with van der Waals surface area (Å²) < 4.78 is 11.1. The number of benzene rings is 3. The number of aryl methyl sites for hydroxylation is 1. The van der Waals surface area contributed by atoms with Crippen LogP contribution in [-0.4, -0.2) is 41.7 Å². The Morgan fingerprint density at radius 3 is 2.30 bits per heavy atom. The van der Waals surface area contributed by atoms with Crippen molar-refractivity contribution in [3.8, 4) is 11.5 Å². The monoisotopic (exact) mass is 502 g/mol. The minimum absolute atomic E-state index is 0.0238. The number of carboxylic acids is 2. The molecule has 0 aromatic heterocycles. The third-order valence-electron chi connectivity index (χ3n) is 5.75. The number of rotatable bonds is 14. The van der Waals surface area contributed by atoms with Crippen molar-refractivity contribution in [3.63, 3.8) is 0 Å². The maximum absolute atomic E-state index is 13.0. The van der Waals surface area contributed by atoms with Gasteiger partial charge in [0.05, 0.1) is 19.3 Å². The molecule has 0 heterocycles. The number of carbonyl (C=O) groups is 3. The van der Waals surface area contributed by atoms with E-state index < -0.39 is 11.9 Å². The Kier molecular flexibility index (Phi) is 10.0. The van der Waals surface area contributed by atoms with Gasteiger partial charge >= 0.3 is 11.9 Å². The van der Waals surface area contributed by atoms with E-state index in [1.54, 1.807) is 31.4 Å². The van der Waals surface area contributed by atoms with Gasteiger partial charge in [-0.1, -0.05) is 36.4 Å². The van der Waals surface area contributed by atoms with Crippen LogP contribution in [0, 0.1) is 0 Å². The maximum Gasteiger partial charge on any atom is 0.335 e. The van der Waals surface area contributed by atoms with Gasteiger partial charge in [0, 0.05) is 17.5 Å². The molecule has 3 aromatic rings. The van der Waals surface area contributed by atoms with E-state index in [4.69, 9.17) is 14.6 Å². The first kappa shape index (κ1) is 27.2. The third kappa shape index (κ3) is 8.35. The number of allylic oxidation sites excluding steroid dienone is 1. The van der Waals surface area contributed by atoms with Crippen molar-refractivity contribution in [1.82, 2.24) is 0 Å². The van der Waals surface area contributed by atoms with Gasteiger partial charge in [0.2, 0.25) is 0 Å². The normalized spacial score (nSPS) is 10.8. The molecule has 0 aliphatic heterocycles. The lowest BCUT2D eigenvalue weighted by Crippen LogP contribution is -2.07. The van der Waals surface area contributed by atoms with Crippen molar-refractivity contribution < 1.29 is 34.1 Å². The Morgan fingerprint density at radius 2 is 1.59 bits per heavy atom. The van der Waals surface area contributed by atoms with Gasteiger partial charge in [-0.3, -0.25) is 9.59 Å². The zero-order valence-electron chi connectivity index (χ0n) is 20.7. The summed E-state index contributed by atoms with van der Waals surface area (Å²) in [4.78, 5) is 35.3. The van der Waals surface area contributed by atoms with Gasteiger partial charge in [-0.15, -0.1) is 0 Å². The van der Waals surface area contributed by atoms with Crippen molar-refractivity contribution in [2.24, 2.45) is 0 Å². The van der Waals surface area contributed by atoms with E-state index in [0.29, 0.717) is 23.5 Å². The highest BCUT2D eigenvalue weighted by atomic mass is 16.5. The van der Waals surface area contributed by atoms with Crippen molar-refractivity contribution in [3.05, 3.63) is 101 Å². The minimum atomic E-state index is -1.11. The van der Waals surface area contributed by atoms with Crippen LogP contribution in [0.2, 0.25) is 0 Å². The van der Waals surface area contributed by atoms with Crippen LogP contribution >= 0.6 is 0 Å². The van der Waals surface area contributed by atoms with Crippen LogP contribution in [-0.2, 0) is 11.2 Å². The van der Waals surface area contributed by atoms with Crippen LogP contribution in [0.15, 0.2) is 72.8 Å². The van der Waals surface area contributed by atoms with E-state index in [1.807, 2.05) is 24.3 Å². The molecule has 0 radical (unpaired) electrons. The van der Waals surface area contributed by atoms with Gasteiger partial charge in [-0.25, -0.2) is 4.79 Å². The lowest BCUT2D eigenvalue weighted by atomic mass is 9.98. The average molecular weight is 503 g/mol. The van der Waals surface area contributed by atoms with Gasteiger partial charge in [0.15, 0.2) is 5.78 Å². The fourth-order valence-corrected chi connectivity index (χ4v) is 3.74. The number of hydrogen-bond donors (Lipinski definition) is 2. The Bertz CT molecular complexity index is 1260. The molecule has 0 saturated heterocycles. The molecule has 0 amide bonds. The van der Waals surface area contributed by atoms with E-state index in [9.17, 15) is 19.5 Å². The second-order valence-electron chi connectivity index (χ2n) is 8.45. The first-order valence-electron chi connectivity index (χ1n) is 12.0. The molecule has 0 fully saturated rings. The molecule has 0 atom stereocenters. The fraction of sp³-hybridized carbons (Fsp3) is 0.233. The first-order valence-corrected chi connectivity index (χ1v) is 12.0. The summed E-state index contributed by atoms with van der Waals surface area (Å²) in [5, 5.41) is 18.3. The standard InChI is InChI=1S/C30H30O7/c1-36-26-14-10-21(11-15-26)7-4-2-3-5-18-37-27-16-12-24(19-22(27)13-17-28(31)32)29(33)23-8-6-9-25(20-23)30(34)35/h4,6-12,14-16,19-20H,2-3,5,13,17-18H2,1H3,(H,31,32)(H,34,35). The molecule has 0 aliphatic rings. The van der Waals surface area contributed by atoms with E-state index in [2.05, 4.69) is 12.2 Å². The summed E-state index contributed by atoms with van der Waals surface area (Å²) in [7, 11) is 1.64. The van der Waals surface area contributed by atoms with Crippen LogP contribution in [0.1, 0.15) is 63.1 Å². The maximum atomic E-state index is 13.0. The largest absolute Gasteiger partial charge is 0.497 e. The van der Waals surface area contributed by atoms with Crippen molar-refractivity contribution >= 4 is 23.8 Å². The van der Waals surface area contributed by atoms with Crippen molar-refractivity contribution in [2.75, 3.05) is 13.7 Å². The number of carbonyl (C=O) groups excluding carboxylic acids is 1. The van der Waals surface area contributed by atoms with Crippen LogP contribution in [0.4, 0.5) is 0 Å². The van der Waals surface area contributed by atoms with Gasteiger partial charge in [0.1, 0.15) is 11.5 Å². The number of ketones is 1. The van der Waals surface area contributed by atoms with Gasteiger partial charge in [-0.2, -0.15) is 0 Å². The van der Waals surface area contributed by atoms with Gasteiger partial charge in [0.25, 0.3) is 0 Å². The smallest absolute Gasteiger partial charge is 0.335 e. The van der Waals surface area contributed by atoms with Crippen molar-refractivity contribution in [2.45, 2.75) is 32.1 Å². The van der Waals surface area contributed by atoms with Gasteiger partial charge < -0.3 is 19.7 Å². The first-order chi connectivity index (χ1) is 17.9. The summed E-state index contributed by atoms with van der Waals surface area (Å²) in [5.74, 6) is -1.03. The Balaban J connectivity index is 1.59. The molecule has 0 unspecified atom stereocenters. The quantitative estimate of drug-likeness (QED) is 0.208. The zero-order valence-corrected chi connectivity index (χ0v) is 20.7. The predicted octanol–water partition coefficient (Wildman–Crippen LogP) is 5.90. The molecule has 2 N–H and O–H groups in total. The van der Waals surface area contributed by atoms with Crippen LogP contribution in [0.5, 0.6) is 11.5 Å². The Morgan fingerprint density at radius 1 is 0.865 bits per heavy atom. The van der Waals surface area contributed by atoms with Crippen LogP contribution in [0.3, 0.4) is 0 Å². The topological polar surface area (TPSA) is 110 Å². The number of unbranched alkanes of at least 4 members (excludes halogenated alkanes) is 2. The molecule has 7 nitrogen and oxygen atoms in total. The highest BCUT2D eigenvalue weighted by Gasteiger charge is 2.15. The van der Waals surface area contributed by atoms with E-state index in [1.165, 1.54) is 18.2 Å². The number of aromatic carboxylic acids is 1. The van der Waals surface area contributed by atoms with Crippen molar-refractivity contribution in [1.29, 1.82) is 0 Å². The third-order valence-corrected chi connectivity index (χ3v) is 5.75. The molecule has 37 heavy (non-hydrogen) atoms. The average Bonchev–Trinajstić information content (AvgIpc) is 2.91. The second-order valence-corrected chi connectivity index (χ2v) is 8.45. The zero-order chi connectivity index (χ0) is 26.6. The highest BCUT2D eigenvalue weighted by molar-refractivity contribution is 6.10.